The highest BCUT2D eigenvalue weighted by Gasteiger charge is 2.43. The molecule has 2 aliphatic rings. The van der Waals surface area contributed by atoms with Gasteiger partial charge in [0.1, 0.15) is 19.1 Å². The lowest BCUT2D eigenvalue weighted by Gasteiger charge is -2.36. The fourth-order valence-electron chi connectivity index (χ4n) is 5.24. The first-order valence-corrected chi connectivity index (χ1v) is 16.1. The summed E-state index contributed by atoms with van der Waals surface area (Å²) in [6.07, 6.45) is 0.574. The van der Waals surface area contributed by atoms with Crippen molar-refractivity contribution in [3.8, 4) is 0 Å². The van der Waals surface area contributed by atoms with Gasteiger partial charge in [-0.2, -0.15) is 0 Å². The molecule has 3 atom stereocenters. The monoisotopic (exact) mass is 702 g/mol. The molecule has 0 spiro atoms. The van der Waals surface area contributed by atoms with Gasteiger partial charge in [-0.15, -0.1) is 0 Å². The number of hydrogen-bond acceptors (Lipinski definition) is 8. The van der Waals surface area contributed by atoms with Crippen LogP contribution in [0.5, 0.6) is 0 Å². The molecule has 260 valence electrons. The highest BCUT2D eigenvalue weighted by Crippen LogP contribution is 2.27. The first kappa shape index (κ1) is 40.0. The summed E-state index contributed by atoms with van der Waals surface area (Å²) in [5.74, 6) is -1.85. The molecule has 0 N–H and O–H groups in total. The Labute approximate surface area is 292 Å². The number of ketones is 2. The smallest absolute Gasteiger partial charge is 0.410 e. The molecule has 12 heteroatoms. The van der Waals surface area contributed by atoms with Gasteiger partial charge in [0.2, 0.25) is 0 Å². The lowest BCUT2D eigenvalue weighted by atomic mass is 9.88. The fraction of sp³-hybridized carbons (Fsp3) is 0.417. The summed E-state index contributed by atoms with van der Waals surface area (Å²) in [4.78, 5) is 64.1. The molecule has 0 bridgehead atoms. The molecule has 2 aliphatic heterocycles. The number of benzene rings is 2. The van der Waals surface area contributed by atoms with Crippen LogP contribution in [0.4, 0.5) is 9.59 Å². The SMILES string of the molecule is C.C=C(Cl)CC1C(=O)C(C(=O)OCC)CCN1C(=O)OCc1ccccc1.C=C(Cl)CC1C(=O)CCCN1C(=O)OCc1ccccc1. The number of carbonyl (C=O) groups excluding carboxylic acids is 5. The number of likely N-dealkylation sites (tertiary alicyclic amines) is 2. The minimum Gasteiger partial charge on any atom is -0.465 e. The van der Waals surface area contributed by atoms with Crippen LogP contribution in [-0.2, 0) is 41.8 Å². The van der Waals surface area contributed by atoms with E-state index >= 15 is 0 Å². The van der Waals surface area contributed by atoms with Gasteiger partial charge in [0.15, 0.2) is 11.6 Å². The highest BCUT2D eigenvalue weighted by atomic mass is 35.5. The van der Waals surface area contributed by atoms with Crippen LogP contribution in [-0.4, -0.2) is 71.3 Å². The lowest BCUT2D eigenvalue weighted by molar-refractivity contribution is -0.155. The number of carbonyl (C=O) groups is 5. The maximum absolute atomic E-state index is 12.7. The Balaban J connectivity index is 0.000000334. The Morgan fingerprint density at radius 2 is 1.25 bits per heavy atom. The molecule has 2 amide bonds. The number of halogens is 2. The number of ether oxygens (including phenoxy) is 3. The van der Waals surface area contributed by atoms with E-state index in [2.05, 4.69) is 13.2 Å². The maximum atomic E-state index is 12.7. The Hall–Kier alpha value is -4.15. The van der Waals surface area contributed by atoms with Gasteiger partial charge in [0.25, 0.3) is 0 Å². The van der Waals surface area contributed by atoms with E-state index in [0.717, 1.165) is 11.1 Å². The zero-order chi connectivity index (χ0) is 34.3. The van der Waals surface area contributed by atoms with E-state index in [4.69, 9.17) is 37.4 Å². The number of piperidine rings is 2. The van der Waals surface area contributed by atoms with E-state index in [1.807, 2.05) is 60.7 Å². The topological polar surface area (TPSA) is 120 Å². The second-order valence-corrected chi connectivity index (χ2v) is 12.1. The Morgan fingerprint density at radius 1 is 0.771 bits per heavy atom. The largest absolute Gasteiger partial charge is 0.465 e. The summed E-state index contributed by atoms with van der Waals surface area (Å²) in [6.45, 7) is 10.1. The molecule has 3 unspecified atom stereocenters. The third-order valence-corrected chi connectivity index (χ3v) is 7.87. The average Bonchev–Trinajstić information content (AvgIpc) is 3.05. The van der Waals surface area contributed by atoms with Gasteiger partial charge in [-0.05, 0) is 30.9 Å². The number of hydrogen-bond donors (Lipinski definition) is 0. The van der Waals surface area contributed by atoms with Crippen molar-refractivity contribution in [2.24, 2.45) is 5.92 Å². The van der Waals surface area contributed by atoms with E-state index in [1.54, 1.807) is 6.92 Å². The van der Waals surface area contributed by atoms with Gasteiger partial charge in [-0.3, -0.25) is 24.2 Å². The van der Waals surface area contributed by atoms with Crippen molar-refractivity contribution in [2.75, 3.05) is 19.7 Å². The van der Waals surface area contributed by atoms with Gasteiger partial charge in [0, 0.05) is 42.4 Å². The van der Waals surface area contributed by atoms with Crippen LogP contribution < -0.4 is 0 Å². The standard InChI is InChI=1S/C19H22ClNO5.C16H18ClNO3.CH4/c1-3-25-18(23)15-9-10-21(16(17(15)22)11-13(2)20)19(24)26-12-14-7-5-4-6-8-14;1-12(17)10-14-15(19)8-5-9-18(14)16(20)21-11-13-6-3-2-4-7-13;/h4-8,15-16H,2-3,9-12H2,1H3;2-4,6-7,14H,1,5,8-11H2;1H4. The lowest BCUT2D eigenvalue weighted by Crippen LogP contribution is -2.54. The van der Waals surface area contributed by atoms with Crippen LogP contribution in [0.25, 0.3) is 0 Å². The third-order valence-electron chi connectivity index (χ3n) is 7.56. The van der Waals surface area contributed by atoms with Gasteiger partial charge in [-0.25, -0.2) is 9.59 Å². The van der Waals surface area contributed by atoms with Crippen LogP contribution in [0.15, 0.2) is 83.9 Å². The minimum absolute atomic E-state index is 0. The molecule has 48 heavy (non-hydrogen) atoms. The molecule has 2 heterocycles. The molecular weight excluding hydrogens is 659 g/mol. The molecule has 10 nitrogen and oxygen atoms in total. The summed E-state index contributed by atoms with van der Waals surface area (Å²) < 4.78 is 15.6. The molecule has 0 radical (unpaired) electrons. The van der Waals surface area contributed by atoms with Crippen molar-refractivity contribution in [1.29, 1.82) is 0 Å². The molecule has 0 aromatic heterocycles. The minimum atomic E-state index is -0.894. The van der Waals surface area contributed by atoms with Gasteiger partial charge >= 0.3 is 18.2 Å². The second-order valence-electron chi connectivity index (χ2n) is 11.0. The first-order chi connectivity index (χ1) is 22.5. The van der Waals surface area contributed by atoms with Crippen molar-refractivity contribution in [3.63, 3.8) is 0 Å². The zero-order valence-corrected chi connectivity index (χ0v) is 27.9. The molecule has 2 aromatic carbocycles. The van der Waals surface area contributed by atoms with Gasteiger partial charge in [0.05, 0.1) is 18.7 Å². The van der Waals surface area contributed by atoms with Crippen LogP contribution >= 0.6 is 23.2 Å². The first-order valence-electron chi connectivity index (χ1n) is 15.4. The highest BCUT2D eigenvalue weighted by molar-refractivity contribution is 6.29. The van der Waals surface area contributed by atoms with Gasteiger partial charge < -0.3 is 14.2 Å². The van der Waals surface area contributed by atoms with Crippen LogP contribution in [0.3, 0.4) is 0 Å². The number of rotatable bonds is 10. The summed E-state index contributed by atoms with van der Waals surface area (Å²) in [6, 6.07) is 17.2. The predicted molar refractivity (Wildman–Crippen MR) is 184 cm³/mol. The third kappa shape index (κ3) is 12.1. The fourth-order valence-corrected chi connectivity index (χ4v) is 5.54. The Kier molecular flexibility index (Phi) is 16.9. The summed E-state index contributed by atoms with van der Waals surface area (Å²) >= 11 is 11.7. The number of Topliss-reactive ketones (excluding diaryl/α,β-unsaturated/α-hetero) is 2. The molecule has 2 saturated heterocycles. The predicted octanol–water partition coefficient (Wildman–Crippen LogP) is 7.42. The molecule has 0 saturated carbocycles. The molecule has 2 fully saturated rings. The summed E-state index contributed by atoms with van der Waals surface area (Å²) in [7, 11) is 0. The maximum Gasteiger partial charge on any atom is 0.410 e. The second kappa shape index (κ2) is 20.3. The zero-order valence-electron chi connectivity index (χ0n) is 26.4. The number of esters is 1. The van der Waals surface area contributed by atoms with E-state index in [1.165, 1.54) is 9.80 Å². The van der Waals surface area contributed by atoms with Crippen molar-refractivity contribution < 1.29 is 38.2 Å². The van der Waals surface area contributed by atoms with E-state index in [0.29, 0.717) is 24.4 Å². The van der Waals surface area contributed by atoms with Crippen molar-refractivity contribution in [1.82, 2.24) is 9.80 Å². The van der Waals surface area contributed by atoms with E-state index < -0.39 is 41.9 Å². The van der Waals surface area contributed by atoms with E-state index in [9.17, 15) is 24.0 Å². The van der Waals surface area contributed by atoms with Crippen molar-refractivity contribution >= 4 is 52.9 Å². The molecule has 4 rings (SSSR count). The quantitative estimate of drug-likeness (QED) is 0.143. The van der Waals surface area contributed by atoms with Crippen LogP contribution in [0.1, 0.15) is 57.6 Å². The van der Waals surface area contributed by atoms with Crippen LogP contribution in [0.2, 0.25) is 0 Å². The number of nitrogens with zero attached hydrogens (tertiary/aromatic N) is 2. The Morgan fingerprint density at radius 3 is 1.73 bits per heavy atom. The number of amides is 2. The summed E-state index contributed by atoms with van der Waals surface area (Å²) in [5.41, 5.74) is 1.75. The van der Waals surface area contributed by atoms with Crippen molar-refractivity contribution in [2.45, 2.75) is 71.8 Å². The average molecular weight is 704 g/mol. The van der Waals surface area contributed by atoms with Crippen LogP contribution in [0, 0.1) is 5.92 Å². The molecular formula is C36H44Cl2N2O8. The molecule has 2 aromatic rings. The summed E-state index contributed by atoms with van der Waals surface area (Å²) in [5, 5.41) is 0.602. The normalized spacial score (nSPS) is 18.8. The Bertz CT molecular complexity index is 1420. The van der Waals surface area contributed by atoms with Crippen molar-refractivity contribution in [3.05, 3.63) is 95.0 Å². The van der Waals surface area contributed by atoms with Gasteiger partial charge in [-0.1, -0.05) is 104 Å². The van der Waals surface area contributed by atoms with E-state index in [-0.39, 0.29) is 63.9 Å². The molecule has 0 aliphatic carbocycles.